The number of nitrogens with one attached hydrogen (secondary N) is 1. The fourth-order valence-corrected chi connectivity index (χ4v) is 2.59. The Hall–Kier alpha value is -2.66. The summed E-state index contributed by atoms with van der Waals surface area (Å²) in [5.74, 6) is -0.0684. The molecule has 1 amide bonds. The van der Waals surface area contributed by atoms with Gasteiger partial charge in [-0.05, 0) is 17.7 Å². The minimum absolute atomic E-state index is 0.0684. The molecule has 5 nitrogen and oxygen atoms in total. The van der Waals surface area contributed by atoms with E-state index in [-0.39, 0.29) is 11.9 Å². The molecule has 0 aliphatic carbocycles. The highest BCUT2D eigenvalue weighted by atomic mass is 35.5. The molecule has 0 saturated heterocycles. The molecule has 3 aromatic rings. The van der Waals surface area contributed by atoms with Gasteiger partial charge in [-0.25, -0.2) is 0 Å². The quantitative estimate of drug-likeness (QED) is 0.749. The third-order valence-electron chi connectivity index (χ3n) is 3.59. The zero-order valence-electron chi connectivity index (χ0n) is 13.0. The zero-order valence-corrected chi connectivity index (χ0v) is 13.7. The van der Waals surface area contributed by atoms with Crippen molar-refractivity contribution < 1.29 is 4.79 Å². The van der Waals surface area contributed by atoms with Gasteiger partial charge in [-0.1, -0.05) is 48.0 Å². The van der Waals surface area contributed by atoms with Crippen molar-refractivity contribution in [3.05, 3.63) is 83.4 Å². The number of benzene rings is 1. The molecule has 6 heteroatoms. The molecule has 0 fully saturated rings. The van der Waals surface area contributed by atoms with E-state index in [4.69, 9.17) is 11.6 Å². The van der Waals surface area contributed by atoms with E-state index in [2.05, 4.69) is 15.4 Å². The number of aromatic nitrogens is 3. The summed E-state index contributed by atoms with van der Waals surface area (Å²) in [7, 11) is 0. The number of nitrogens with zero attached hydrogens (tertiary/aromatic N) is 3. The topological polar surface area (TPSA) is 59.8 Å². The number of halogens is 1. The van der Waals surface area contributed by atoms with Crippen LogP contribution in [0.4, 0.5) is 0 Å². The molecule has 1 N–H and O–H groups in total. The van der Waals surface area contributed by atoms with Crippen LogP contribution in [0.1, 0.15) is 23.7 Å². The number of amides is 1. The maximum atomic E-state index is 12.4. The molecule has 1 unspecified atom stereocenters. The highest BCUT2D eigenvalue weighted by Crippen LogP contribution is 2.20. The van der Waals surface area contributed by atoms with Crippen molar-refractivity contribution in [1.29, 1.82) is 0 Å². The summed E-state index contributed by atoms with van der Waals surface area (Å²) >= 11 is 5.83. The molecule has 0 aliphatic heterocycles. The Morgan fingerprint density at radius 2 is 1.96 bits per heavy atom. The van der Waals surface area contributed by atoms with Crippen molar-refractivity contribution >= 4 is 17.5 Å². The van der Waals surface area contributed by atoms with Gasteiger partial charge in [0.25, 0.3) is 0 Å². The van der Waals surface area contributed by atoms with Crippen LogP contribution in [-0.4, -0.2) is 20.7 Å². The Morgan fingerprint density at radius 3 is 2.62 bits per heavy atom. The second-order valence-electron chi connectivity index (χ2n) is 5.34. The van der Waals surface area contributed by atoms with Crippen molar-refractivity contribution in [3.8, 4) is 0 Å². The van der Waals surface area contributed by atoms with Crippen molar-refractivity contribution in [2.75, 3.05) is 0 Å². The van der Waals surface area contributed by atoms with Crippen LogP contribution in [-0.2, 0) is 11.3 Å². The first-order chi connectivity index (χ1) is 11.7. The standard InChI is InChI=1S/C18H17ClN4O/c19-15-12-21-23(13-15)11-9-17(24)22-18(14-6-2-1-3-7-14)16-8-4-5-10-20-16/h1-8,10,12-13,18H,9,11H2,(H,22,24). The monoisotopic (exact) mass is 340 g/mol. The second kappa shape index (κ2) is 7.75. The summed E-state index contributed by atoms with van der Waals surface area (Å²) < 4.78 is 1.65. The lowest BCUT2D eigenvalue weighted by Crippen LogP contribution is -2.30. The molecular weight excluding hydrogens is 324 g/mol. The van der Waals surface area contributed by atoms with Gasteiger partial charge in [-0.15, -0.1) is 0 Å². The first kappa shape index (κ1) is 16.2. The van der Waals surface area contributed by atoms with Gasteiger partial charge in [0.05, 0.1) is 23.0 Å². The van der Waals surface area contributed by atoms with Crippen LogP contribution in [0.15, 0.2) is 67.1 Å². The average Bonchev–Trinajstić information content (AvgIpc) is 3.05. The molecule has 0 aliphatic rings. The Morgan fingerprint density at radius 1 is 1.17 bits per heavy atom. The van der Waals surface area contributed by atoms with E-state index in [1.54, 1.807) is 23.3 Å². The maximum Gasteiger partial charge on any atom is 0.222 e. The Bertz CT molecular complexity index is 750. The molecule has 0 saturated carbocycles. The van der Waals surface area contributed by atoms with Gasteiger partial charge >= 0.3 is 0 Å². The average molecular weight is 341 g/mol. The number of hydrogen-bond donors (Lipinski definition) is 1. The molecule has 0 spiro atoms. The van der Waals surface area contributed by atoms with Crippen LogP contribution in [0.5, 0.6) is 0 Å². The predicted molar refractivity (Wildman–Crippen MR) is 92.5 cm³/mol. The van der Waals surface area contributed by atoms with Gasteiger partial charge in [0.15, 0.2) is 0 Å². The van der Waals surface area contributed by atoms with E-state index >= 15 is 0 Å². The van der Waals surface area contributed by atoms with Crippen molar-refractivity contribution in [2.24, 2.45) is 0 Å². The summed E-state index contributed by atoms with van der Waals surface area (Å²) in [5.41, 5.74) is 1.80. The lowest BCUT2D eigenvalue weighted by Gasteiger charge is -2.19. The number of rotatable bonds is 6. The van der Waals surface area contributed by atoms with Gasteiger partial charge in [0, 0.05) is 25.4 Å². The number of pyridine rings is 1. The highest BCUT2D eigenvalue weighted by molar-refractivity contribution is 6.30. The molecule has 2 heterocycles. The SMILES string of the molecule is O=C(CCn1cc(Cl)cn1)NC(c1ccccc1)c1ccccn1. The third-order valence-corrected chi connectivity index (χ3v) is 3.79. The lowest BCUT2D eigenvalue weighted by molar-refractivity contribution is -0.121. The molecule has 1 atom stereocenters. The van der Waals surface area contributed by atoms with E-state index in [0.29, 0.717) is 18.0 Å². The van der Waals surface area contributed by atoms with Gasteiger partial charge in [-0.3, -0.25) is 14.5 Å². The summed E-state index contributed by atoms with van der Waals surface area (Å²) in [6.45, 7) is 0.474. The summed E-state index contributed by atoms with van der Waals surface area (Å²) in [5, 5.41) is 7.69. The van der Waals surface area contributed by atoms with Crippen LogP contribution in [0.25, 0.3) is 0 Å². The van der Waals surface area contributed by atoms with E-state index in [0.717, 1.165) is 11.3 Å². The third kappa shape index (κ3) is 4.20. The van der Waals surface area contributed by atoms with E-state index in [1.165, 1.54) is 0 Å². The fraction of sp³-hybridized carbons (Fsp3) is 0.167. The largest absolute Gasteiger partial charge is 0.344 e. The Labute approximate surface area is 145 Å². The van der Waals surface area contributed by atoms with E-state index < -0.39 is 0 Å². The lowest BCUT2D eigenvalue weighted by atomic mass is 10.0. The van der Waals surface area contributed by atoms with Gasteiger partial charge in [0.1, 0.15) is 0 Å². The number of carbonyl (C=O) groups excluding carboxylic acids is 1. The first-order valence-electron chi connectivity index (χ1n) is 7.65. The smallest absolute Gasteiger partial charge is 0.222 e. The Balaban J connectivity index is 1.71. The molecule has 2 aromatic heterocycles. The van der Waals surface area contributed by atoms with Crippen molar-refractivity contribution in [2.45, 2.75) is 19.0 Å². The van der Waals surface area contributed by atoms with Gasteiger partial charge in [0.2, 0.25) is 5.91 Å². The van der Waals surface area contributed by atoms with Crippen LogP contribution in [0.3, 0.4) is 0 Å². The summed E-state index contributed by atoms with van der Waals surface area (Å²) in [4.78, 5) is 16.7. The van der Waals surface area contributed by atoms with Crippen molar-refractivity contribution in [3.63, 3.8) is 0 Å². The molecule has 1 aromatic carbocycles. The number of carbonyl (C=O) groups is 1. The van der Waals surface area contributed by atoms with Gasteiger partial charge < -0.3 is 5.32 Å². The van der Waals surface area contributed by atoms with Crippen molar-refractivity contribution in [1.82, 2.24) is 20.1 Å². The van der Waals surface area contributed by atoms with E-state index in [1.807, 2.05) is 48.5 Å². The molecule has 0 radical (unpaired) electrons. The molecule has 3 rings (SSSR count). The predicted octanol–water partition coefficient (Wildman–Crippen LogP) is 3.23. The first-order valence-corrected chi connectivity index (χ1v) is 8.03. The number of aryl methyl sites for hydroxylation is 1. The molecule has 24 heavy (non-hydrogen) atoms. The highest BCUT2D eigenvalue weighted by Gasteiger charge is 2.17. The summed E-state index contributed by atoms with van der Waals surface area (Å²) in [6.07, 6.45) is 5.29. The molecular formula is C18H17ClN4O. The van der Waals surface area contributed by atoms with Crippen LogP contribution < -0.4 is 5.32 Å². The van der Waals surface area contributed by atoms with E-state index in [9.17, 15) is 4.79 Å². The van der Waals surface area contributed by atoms with Crippen LogP contribution >= 0.6 is 11.6 Å². The maximum absolute atomic E-state index is 12.4. The van der Waals surface area contributed by atoms with Crippen LogP contribution in [0, 0.1) is 0 Å². The fourth-order valence-electron chi connectivity index (χ4n) is 2.43. The normalized spacial score (nSPS) is 11.9. The molecule has 122 valence electrons. The summed E-state index contributed by atoms with van der Waals surface area (Å²) in [6, 6.07) is 15.2. The number of hydrogen-bond acceptors (Lipinski definition) is 3. The Kier molecular flexibility index (Phi) is 5.23. The van der Waals surface area contributed by atoms with Gasteiger partial charge in [-0.2, -0.15) is 5.10 Å². The minimum atomic E-state index is -0.277. The minimum Gasteiger partial charge on any atom is -0.344 e. The second-order valence-corrected chi connectivity index (χ2v) is 5.77. The molecule has 0 bridgehead atoms. The van der Waals surface area contributed by atoms with Crippen LogP contribution in [0.2, 0.25) is 5.02 Å². The zero-order chi connectivity index (χ0) is 16.8.